The van der Waals surface area contributed by atoms with Crippen molar-refractivity contribution in [2.75, 3.05) is 4.90 Å². The third kappa shape index (κ3) is 12.5. The number of hydrogen-bond donors (Lipinski definition) is 0. The van der Waals surface area contributed by atoms with Crippen LogP contribution in [0, 0.1) is 20.8 Å². The zero-order chi connectivity index (χ0) is 58.9. The number of anilines is 3. The fraction of sp³-hybridized carbons (Fsp3) is 0.214. The highest BCUT2D eigenvalue weighted by atomic mass is 15.1. The van der Waals surface area contributed by atoms with Crippen molar-refractivity contribution in [3.63, 3.8) is 0 Å². The second kappa shape index (κ2) is 26.5. The molecule has 0 N–H and O–H groups in total. The molecule has 11 aromatic carbocycles. The van der Waals surface area contributed by atoms with Crippen molar-refractivity contribution in [2.24, 2.45) is 0 Å². The van der Waals surface area contributed by atoms with E-state index >= 15 is 0 Å². The maximum absolute atomic E-state index is 2.62. The number of aryl methyl sites for hydroxylation is 6. The average molecular weight is 1120 g/mol. The lowest BCUT2D eigenvalue weighted by atomic mass is 9.85. The van der Waals surface area contributed by atoms with Crippen LogP contribution < -0.4 is 4.90 Å². The molecule has 1 heterocycles. The number of aromatic nitrogens is 1. The van der Waals surface area contributed by atoms with Gasteiger partial charge in [-0.1, -0.05) is 247 Å². The molecule has 1 aromatic heterocycles. The Hall–Kier alpha value is -8.98. The van der Waals surface area contributed by atoms with E-state index in [1.165, 1.54) is 166 Å². The summed E-state index contributed by atoms with van der Waals surface area (Å²) in [5.41, 5.74) is 30.3. The van der Waals surface area contributed by atoms with Gasteiger partial charge >= 0.3 is 0 Å². The summed E-state index contributed by atoms with van der Waals surface area (Å²) in [6.45, 7) is 13.5. The molecule has 0 saturated heterocycles. The first-order chi connectivity index (χ1) is 42.2. The molecular formula is C84H82N2. The Morgan fingerprint density at radius 3 is 1.24 bits per heavy atom. The van der Waals surface area contributed by atoms with Crippen LogP contribution in [-0.2, 0) is 19.3 Å². The number of hydrogen-bond acceptors (Lipinski definition) is 1. The molecule has 0 saturated carbocycles. The number of benzene rings is 11. The molecule has 12 aromatic rings. The van der Waals surface area contributed by atoms with Crippen molar-refractivity contribution in [1.29, 1.82) is 0 Å². The van der Waals surface area contributed by atoms with E-state index < -0.39 is 0 Å². The molecule has 0 fully saturated rings. The maximum atomic E-state index is 2.62. The van der Waals surface area contributed by atoms with Gasteiger partial charge in [-0.15, -0.1) is 0 Å². The predicted octanol–water partition coefficient (Wildman–Crippen LogP) is 24.4. The molecule has 2 heteroatoms. The minimum atomic E-state index is 1.03. The molecule has 12 rings (SSSR count). The van der Waals surface area contributed by atoms with Crippen LogP contribution in [0.2, 0.25) is 0 Å². The first kappa shape index (κ1) is 57.5. The van der Waals surface area contributed by atoms with Gasteiger partial charge in [-0.2, -0.15) is 0 Å². The monoisotopic (exact) mass is 1120 g/mol. The zero-order valence-electron chi connectivity index (χ0n) is 51.5. The lowest BCUT2D eigenvalue weighted by Crippen LogP contribution is -2.10. The Bertz CT molecular complexity index is 4220. The Morgan fingerprint density at radius 1 is 0.302 bits per heavy atom. The minimum absolute atomic E-state index is 1.03. The van der Waals surface area contributed by atoms with Gasteiger partial charge < -0.3 is 9.47 Å². The van der Waals surface area contributed by atoms with Crippen molar-refractivity contribution in [1.82, 2.24) is 4.57 Å². The van der Waals surface area contributed by atoms with Crippen LogP contribution in [0.1, 0.15) is 112 Å². The molecule has 0 amide bonds. The first-order valence-corrected chi connectivity index (χ1v) is 32.0. The van der Waals surface area contributed by atoms with Gasteiger partial charge in [-0.3, -0.25) is 0 Å². The molecule has 0 aliphatic rings. The normalized spacial score (nSPS) is 11.5. The second-order valence-corrected chi connectivity index (χ2v) is 24.1. The summed E-state index contributed by atoms with van der Waals surface area (Å²) in [4.78, 5) is 2.44. The van der Waals surface area contributed by atoms with Crippen LogP contribution in [0.4, 0.5) is 17.1 Å². The van der Waals surface area contributed by atoms with Crippen LogP contribution in [-0.4, -0.2) is 4.57 Å². The van der Waals surface area contributed by atoms with Gasteiger partial charge in [0.2, 0.25) is 0 Å². The molecule has 86 heavy (non-hydrogen) atoms. The predicted molar refractivity (Wildman–Crippen MR) is 372 cm³/mol. The number of unbranched alkanes of at least 4 members (excludes halogenated alkanes) is 6. The number of fused-ring (bicyclic) bond motifs is 3. The third-order valence-electron chi connectivity index (χ3n) is 17.8. The lowest BCUT2D eigenvalue weighted by Gasteiger charge is -2.27. The highest BCUT2D eigenvalue weighted by Gasteiger charge is 2.21. The molecular weight excluding hydrogens is 1040 g/mol. The number of nitrogens with zero attached hydrogens (tertiary/aromatic N) is 2. The fourth-order valence-electron chi connectivity index (χ4n) is 13.0. The van der Waals surface area contributed by atoms with Crippen molar-refractivity contribution < 1.29 is 0 Å². The van der Waals surface area contributed by atoms with Crippen LogP contribution in [0.15, 0.2) is 243 Å². The standard InChI is InChI=1S/C84H82N2/c1-7-10-12-15-22-71-57-80(78-51-50-77(54-61(78)6)85(74-44-36-67(37-45-74)64-30-24-59(4)25-31-64)75-46-38-69(39-47-75)66-34-28-62(19-9-3)29-35-66)72(23-16-13-11-8-2)56-79(71)73-43-53-84-82(58-73)81-55-70(63-20-17-14-18-21-63)42-52-83(81)86(84)76-48-40-68(41-49-76)65-32-26-60(5)27-33-65/h14,17-18,20-21,24-58H,7-13,15-16,19,22-23H2,1-6H3. The fourth-order valence-corrected chi connectivity index (χ4v) is 13.0. The molecule has 2 nitrogen and oxygen atoms in total. The Labute approximate surface area is 512 Å². The molecule has 0 unspecified atom stereocenters. The quantitative estimate of drug-likeness (QED) is 0.0614. The largest absolute Gasteiger partial charge is 0.310 e. The Kier molecular flexibility index (Phi) is 17.7. The van der Waals surface area contributed by atoms with Crippen LogP contribution in [0.5, 0.6) is 0 Å². The summed E-state index contributed by atoms with van der Waals surface area (Å²) in [5.74, 6) is 0. The van der Waals surface area contributed by atoms with Crippen molar-refractivity contribution in [3.05, 3.63) is 276 Å². The zero-order valence-corrected chi connectivity index (χ0v) is 51.5. The summed E-state index contributed by atoms with van der Waals surface area (Å²) in [6, 6.07) is 92.0. The van der Waals surface area contributed by atoms with Gasteiger partial charge in [-0.25, -0.2) is 0 Å². The topological polar surface area (TPSA) is 8.17 Å². The molecule has 0 radical (unpaired) electrons. The van der Waals surface area contributed by atoms with Gasteiger partial charge in [0, 0.05) is 33.5 Å². The SMILES string of the molecule is CCCCCCc1cc(-c2ccc(N(c3ccc(-c4ccc(C)cc4)cc3)c3ccc(-c4ccc(CCC)cc4)cc3)cc2C)c(CCCCCC)cc1-c1ccc2c(c1)c1cc(-c3ccccc3)ccc1n2-c1ccc(-c2ccc(C)cc2)cc1. The maximum Gasteiger partial charge on any atom is 0.0541 e. The molecule has 0 atom stereocenters. The van der Waals surface area contributed by atoms with Crippen LogP contribution >= 0.6 is 0 Å². The summed E-state index contributed by atoms with van der Waals surface area (Å²) in [6.07, 6.45) is 14.0. The van der Waals surface area contributed by atoms with E-state index in [2.05, 4.69) is 294 Å². The third-order valence-corrected chi connectivity index (χ3v) is 17.8. The van der Waals surface area contributed by atoms with E-state index in [9.17, 15) is 0 Å². The summed E-state index contributed by atoms with van der Waals surface area (Å²) in [7, 11) is 0. The lowest BCUT2D eigenvalue weighted by molar-refractivity contribution is 0.664. The molecule has 0 aliphatic heterocycles. The second-order valence-electron chi connectivity index (χ2n) is 24.1. The van der Waals surface area contributed by atoms with Gasteiger partial charge in [0.1, 0.15) is 0 Å². The Morgan fingerprint density at radius 2 is 0.733 bits per heavy atom. The van der Waals surface area contributed by atoms with E-state index in [1.807, 2.05) is 0 Å². The number of rotatable bonds is 22. The van der Waals surface area contributed by atoms with E-state index in [1.54, 1.807) is 0 Å². The highest BCUT2D eigenvalue weighted by molar-refractivity contribution is 6.12. The molecule has 0 aliphatic carbocycles. The molecule has 0 bridgehead atoms. The van der Waals surface area contributed by atoms with Gasteiger partial charge in [0.05, 0.1) is 11.0 Å². The van der Waals surface area contributed by atoms with E-state index in [-0.39, 0.29) is 0 Å². The van der Waals surface area contributed by atoms with Crippen LogP contribution in [0.25, 0.3) is 94.3 Å². The Balaban J connectivity index is 0.966. The van der Waals surface area contributed by atoms with Gasteiger partial charge in [0.25, 0.3) is 0 Å². The smallest absolute Gasteiger partial charge is 0.0541 e. The summed E-state index contributed by atoms with van der Waals surface area (Å²) < 4.78 is 2.48. The van der Waals surface area contributed by atoms with Gasteiger partial charge in [0.15, 0.2) is 0 Å². The van der Waals surface area contributed by atoms with Crippen molar-refractivity contribution in [3.8, 4) is 72.4 Å². The van der Waals surface area contributed by atoms with Gasteiger partial charge in [-0.05, 0) is 215 Å². The average Bonchev–Trinajstić information content (AvgIpc) is 1.92. The minimum Gasteiger partial charge on any atom is -0.310 e. The summed E-state index contributed by atoms with van der Waals surface area (Å²) in [5, 5.41) is 2.55. The molecule has 428 valence electrons. The van der Waals surface area contributed by atoms with E-state index in [0.717, 1.165) is 55.6 Å². The summed E-state index contributed by atoms with van der Waals surface area (Å²) >= 11 is 0. The van der Waals surface area contributed by atoms with E-state index in [0.29, 0.717) is 0 Å². The van der Waals surface area contributed by atoms with Crippen LogP contribution in [0.3, 0.4) is 0 Å². The van der Waals surface area contributed by atoms with E-state index in [4.69, 9.17) is 0 Å². The first-order valence-electron chi connectivity index (χ1n) is 32.0. The van der Waals surface area contributed by atoms with Crippen molar-refractivity contribution in [2.45, 2.75) is 119 Å². The molecule has 0 spiro atoms. The highest BCUT2D eigenvalue weighted by Crippen LogP contribution is 2.44. The van der Waals surface area contributed by atoms with Crippen molar-refractivity contribution >= 4 is 38.9 Å².